The zero-order valence-electron chi connectivity index (χ0n) is 17.5. The molecule has 1 N–H and O–H groups in total. The van der Waals surface area contributed by atoms with E-state index in [1.807, 2.05) is 4.72 Å². The van der Waals surface area contributed by atoms with E-state index >= 15 is 0 Å². The van der Waals surface area contributed by atoms with Gasteiger partial charge in [0.1, 0.15) is 18.2 Å². The molecule has 1 saturated heterocycles. The van der Waals surface area contributed by atoms with E-state index in [4.69, 9.17) is 16.3 Å². The molecule has 4 aliphatic carbocycles. The van der Waals surface area contributed by atoms with Crippen LogP contribution >= 0.6 is 11.6 Å². The third-order valence-corrected chi connectivity index (χ3v) is 9.70. The maximum atomic E-state index is 14.7. The van der Waals surface area contributed by atoms with Crippen molar-refractivity contribution in [2.45, 2.75) is 38.5 Å². The van der Waals surface area contributed by atoms with Gasteiger partial charge in [-0.1, -0.05) is 11.6 Å². The van der Waals surface area contributed by atoms with Gasteiger partial charge in [-0.15, -0.1) is 0 Å². The van der Waals surface area contributed by atoms with Gasteiger partial charge in [-0.05, 0) is 68.3 Å². The Labute approximate surface area is 192 Å². The first-order chi connectivity index (χ1) is 15.2. The highest BCUT2D eigenvalue weighted by molar-refractivity contribution is 7.87. The first kappa shape index (κ1) is 21.9. The second-order valence-corrected chi connectivity index (χ2v) is 11.8. The third kappa shape index (κ3) is 3.57. The fourth-order valence-electron chi connectivity index (χ4n) is 6.25. The average molecular weight is 482 g/mol. The predicted molar refractivity (Wildman–Crippen MR) is 115 cm³/mol. The number of halogens is 2. The van der Waals surface area contributed by atoms with E-state index in [0.29, 0.717) is 31.3 Å². The van der Waals surface area contributed by atoms with Gasteiger partial charge in [0.2, 0.25) is 0 Å². The Balaban J connectivity index is 1.31. The van der Waals surface area contributed by atoms with Crippen LogP contribution < -0.4 is 9.46 Å². The van der Waals surface area contributed by atoms with Gasteiger partial charge in [0.05, 0.1) is 22.1 Å². The highest BCUT2D eigenvalue weighted by Gasteiger charge is 2.58. The van der Waals surface area contributed by atoms with Gasteiger partial charge in [0.15, 0.2) is 0 Å². The number of ether oxygens (including phenoxy) is 1. The summed E-state index contributed by atoms with van der Waals surface area (Å²) >= 11 is 6.26. The minimum atomic E-state index is -4.00. The molecule has 1 amide bonds. The smallest absolute Gasteiger partial charge is 0.304 e. The summed E-state index contributed by atoms with van der Waals surface area (Å²) in [5.41, 5.74) is -1.08. The summed E-state index contributed by atoms with van der Waals surface area (Å²) < 4.78 is 47.8. The second-order valence-electron chi connectivity index (χ2n) is 9.70. The number of nitrogens with zero attached hydrogens (tertiary/aromatic N) is 2. The standard InChI is InChI=1S/C22H25ClFN3O4S/c23-18-9-17(21(28)26-32(29,30)27-2-1-3-27)19(24)10-20(18)31-12-22(11-25)15-5-13-4-14(7-15)8-16(22)6-13/h9-10,13-16H,1-8,12H2,(H,26,28). The molecule has 32 heavy (non-hydrogen) atoms. The quantitative estimate of drug-likeness (QED) is 0.670. The van der Waals surface area contributed by atoms with Gasteiger partial charge in [-0.25, -0.2) is 9.11 Å². The number of carbonyl (C=O) groups is 1. The molecule has 0 unspecified atom stereocenters. The van der Waals surface area contributed by atoms with Gasteiger partial charge < -0.3 is 4.74 Å². The van der Waals surface area contributed by atoms with Gasteiger partial charge >= 0.3 is 10.2 Å². The molecule has 0 radical (unpaired) electrons. The molecule has 4 saturated carbocycles. The monoisotopic (exact) mass is 481 g/mol. The van der Waals surface area contributed by atoms with E-state index in [9.17, 15) is 22.9 Å². The van der Waals surface area contributed by atoms with Crippen LogP contribution in [-0.4, -0.2) is 38.3 Å². The van der Waals surface area contributed by atoms with Crippen LogP contribution in [0.25, 0.3) is 0 Å². The van der Waals surface area contributed by atoms with Gasteiger partial charge in [-0.2, -0.15) is 18.0 Å². The molecule has 0 spiro atoms. The summed E-state index contributed by atoms with van der Waals surface area (Å²) in [5, 5.41) is 10.1. The average Bonchev–Trinajstić information content (AvgIpc) is 2.67. The minimum Gasteiger partial charge on any atom is -0.490 e. The largest absolute Gasteiger partial charge is 0.490 e. The molecule has 0 aromatic heterocycles. The van der Waals surface area contributed by atoms with Crippen LogP contribution in [0, 0.1) is 46.2 Å². The summed E-state index contributed by atoms with van der Waals surface area (Å²) in [6.45, 7) is 0.776. The van der Waals surface area contributed by atoms with Crippen LogP contribution in [0.3, 0.4) is 0 Å². The number of carbonyl (C=O) groups excluding carboxylic acids is 1. The fraction of sp³-hybridized carbons (Fsp3) is 0.636. The van der Waals surface area contributed by atoms with Crippen molar-refractivity contribution < 1.29 is 22.3 Å². The third-order valence-electron chi connectivity index (χ3n) is 7.91. The van der Waals surface area contributed by atoms with Gasteiger partial charge in [0, 0.05) is 19.2 Å². The van der Waals surface area contributed by atoms with Crippen molar-refractivity contribution in [1.29, 1.82) is 5.26 Å². The molecule has 1 heterocycles. The number of hydrogen-bond donors (Lipinski definition) is 1. The van der Waals surface area contributed by atoms with E-state index in [1.165, 1.54) is 6.42 Å². The summed E-state index contributed by atoms with van der Waals surface area (Å²) in [6, 6.07) is 4.61. The Kier molecular flexibility index (Phi) is 5.38. The molecule has 4 bridgehead atoms. The normalized spacial score (nSPS) is 33.4. The molecular formula is C22H25ClFN3O4S. The molecule has 0 atom stereocenters. The molecule has 7 nitrogen and oxygen atoms in total. The lowest BCUT2D eigenvalue weighted by Crippen LogP contribution is -2.54. The first-order valence-electron chi connectivity index (χ1n) is 11.1. The topological polar surface area (TPSA) is 99.5 Å². The van der Waals surface area contributed by atoms with Crippen LogP contribution in [0.5, 0.6) is 5.75 Å². The van der Waals surface area contributed by atoms with Crippen molar-refractivity contribution in [2.75, 3.05) is 19.7 Å². The summed E-state index contributed by atoms with van der Waals surface area (Å²) in [6.07, 6.45) is 6.14. The summed E-state index contributed by atoms with van der Waals surface area (Å²) in [5.74, 6) is -0.00658. The Morgan fingerprint density at radius 1 is 1.22 bits per heavy atom. The highest BCUT2D eigenvalue weighted by atomic mass is 35.5. The molecule has 5 fully saturated rings. The number of amides is 1. The molecule has 1 aromatic carbocycles. The molecule has 6 rings (SSSR count). The van der Waals surface area contributed by atoms with Crippen LogP contribution in [0.15, 0.2) is 12.1 Å². The summed E-state index contributed by atoms with van der Waals surface area (Å²) in [7, 11) is -4.00. The number of nitriles is 1. The van der Waals surface area contributed by atoms with Gasteiger partial charge in [-0.3, -0.25) is 4.79 Å². The molecule has 172 valence electrons. The number of nitrogens with one attached hydrogen (secondary N) is 1. The van der Waals surface area contributed by atoms with Crippen molar-refractivity contribution >= 4 is 27.7 Å². The molecule has 10 heteroatoms. The van der Waals surface area contributed by atoms with Crippen LogP contribution in [0.1, 0.15) is 48.9 Å². The SMILES string of the molecule is N#CC1(COc2cc(F)c(C(=O)NS(=O)(=O)N3CCC3)cc2Cl)C2CC3CC(C2)CC1C3. The maximum absolute atomic E-state index is 14.7. The lowest BCUT2D eigenvalue weighted by molar-refractivity contribution is -0.0942. The van der Waals surface area contributed by atoms with E-state index in [-0.39, 0.29) is 29.2 Å². The minimum absolute atomic E-state index is 0.00481. The van der Waals surface area contributed by atoms with Crippen molar-refractivity contribution in [2.24, 2.45) is 29.1 Å². The predicted octanol–water partition coefficient (Wildman–Crippen LogP) is 3.50. The number of benzene rings is 1. The zero-order valence-corrected chi connectivity index (χ0v) is 19.1. The van der Waals surface area contributed by atoms with Crippen molar-refractivity contribution in [3.8, 4) is 11.8 Å². The van der Waals surface area contributed by atoms with E-state index < -0.39 is 32.9 Å². The van der Waals surface area contributed by atoms with E-state index in [2.05, 4.69) is 6.07 Å². The lowest BCUT2D eigenvalue weighted by Gasteiger charge is -2.58. The molecule has 5 aliphatic rings. The Morgan fingerprint density at radius 3 is 2.38 bits per heavy atom. The fourth-order valence-corrected chi connectivity index (χ4v) is 7.68. The van der Waals surface area contributed by atoms with Crippen LogP contribution in [0.2, 0.25) is 5.02 Å². The van der Waals surface area contributed by atoms with Crippen molar-refractivity contribution in [3.05, 3.63) is 28.5 Å². The molecule has 1 aromatic rings. The van der Waals surface area contributed by atoms with Crippen molar-refractivity contribution in [3.63, 3.8) is 0 Å². The van der Waals surface area contributed by atoms with Crippen LogP contribution in [-0.2, 0) is 10.2 Å². The number of rotatable bonds is 6. The highest BCUT2D eigenvalue weighted by Crippen LogP contribution is 2.62. The molecule has 1 aliphatic heterocycles. The first-order valence-corrected chi connectivity index (χ1v) is 12.9. The number of hydrogen-bond acceptors (Lipinski definition) is 5. The second kappa shape index (κ2) is 7.86. The Morgan fingerprint density at radius 2 is 1.84 bits per heavy atom. The van der Waals surface area contributed by atoms with E-state index in [0.717, 1.165) is 42.1 Å². The Bertz CT molecular complexity index is 1070. The van der Waals surface area contributed by atoms with Crippen LogP contribution in [0.4, 0.5) is 4.39 Å². The van der Waals surface area contributed by atoms with E-state index in [1.54, 1.807) is 0 Å². The van der Waals surface area contributed by atoms with Gasteiger partial charge in [0.25, 0.3) is 5.91 Å². The maximum Gasteiger partial charge on any atom is 0.304 e. The zero-order chi connectivity index (χ0) is 22.7. The summed E-state index contributed by atoms with van der Waals surface area (Å²) in [4.78, 5) is 12.4. The molecular weight excluding hydrogens is 457 g/mol. The lowest BCUT2D eigenvalue weighted by atomic mass is 9.46. The Hall–Kier alpha value is -1.89. The van der Waals surface area contributed by atoms with Crippen molar-refractivity contribution in [1.82, 2.24) is 9.03 Å².